The Morgan fingerprint density at radius 2 is 0.517 bits per heavy atom. The van der Waals surface area contributed by atoms with Crippen LogP contribution < -0.4 is 0 Å². The summed E-state index contributed by atoms with van der Waals surface area (Å²) in [6.45, 7) is 11.8. The minimum Gasteiger partial charge on any atom is -0.462 e. The molecule has 3 N–H and O–H groups in total. The lowest BCUT2D eigenvalue weighted by atomic mass is 10.0. The quantitative estimate of drug-likeness (QED) is 0.0222. The van der Waals surface area contributed by atoms with Crippen molar-refractivity contribution in [2.45, 2.75) is 369 Å². The summed E-state index contributed by atoms with van der Waals surface area (Å²) in [7, 11) is -9.90. The molecule has 0 heterocycles. The summed E-state index contributed by atoms with van der Waals surface area (Å²) in [5, 5.41) is 10.6. The van der Waals surface area contributed by atoms with E-state index in [1.165, 1.54) is 154 Å². The van der Waals surface area contributed by atoms with E-state index in [0.29, 0.717) is 31.6 Å². The number of aliphatic hydroxyl groups is 1. The van der Waals surface area contributed by atoms with Gasteiger partial charge in [-0.15, -0.1) is 0 Å². The second-order valence-corrected chi connectivity index (χ2v) is 29.6. The van der Waals surface area contributed by atoms with Crippen molar-refractivity contribution in [2.75, 3.05) is 39.6 Å². The molecule has 0 rings (SSSR count). The van der Waals surface area contributed by atoms with Gasteiger partial charge in [-0.25, -0.2) is 9.13 Å². The molecule has 5 atom stereocenters. The molecule has 2 unspecified atom stereocenters. The predicted molar refractivity (Wildman–Crippen MR) is 358 cm³/mol. The maximum Gasteiger partial charge on any atom is 0.472 e. The van der Waals surface area contributed by atoms with Crippen molar-refractivity contribution in [3.63, 3.8) is 0 Å². The van der Waals surface area contributed by atoms with E-state index in [1.807, 2.05) is 0 Å². The van der Waals surface area contributed by atoms with Crippen molar-refractivity contribution in [3.8, 4) is 0 Å². The monoisotopic (exact) mass is 1310 g/mol. The molecule has 0 radical (unpaired) electrons. The van der Waals surface area contributed by atoms with Crippen molar-refractivity contribution in [3.05, 3.63) is 0 Å². The highest BCUT2D eigenvalue weighted by Crippen LogP contribution is 2.45. The summed E-state index contributed by atoms with van der Waals surface area (Å²) in [5.74, 6) is 0.0828. The molecule has 0 saturated carbocycles. The van der Waals surface area contributed by atoms with Crippen LogP contribution in [-0.4, -0.2) is 96.7 Å². The predicted octanol–water partition coefficient (Wildman–Crippen LogP) is 19.8. The highest BCUT2D eigenvalue weighted by Gasteiger charge is 2.30. The fourth-order valence-electron chi connectivity index (χ4n) is 10.5. The Hall–Kier alpha value is -1.94. The van der Waals surface area contributed by atoms with Crippen LogP contribution in [0.15, 0.2) is 0 Å². The molecule has 528 valence electrons. The van der Waals surface area contributed by atoms with E-state index >= 15 is 0 Å². The number of phosphoric ester groups is 2. The number of unbranched alkanes of at least 4 members (excludes halogenated alkanes) is 36. The van der Waals surface area contributed by atoms with E-state index in [0.717, 1.165) is 108 Å². The van der Waals surface area contributed by atoms with E-state index in [-0.39, 0.29) is 25.7 Å². The van der Waals surface area contributed by atoms with E-state index in [1.54, 1.807) is 0 Å². The van der Waals surface area contributed by atoms with Crippen LogP contribution in [0.4, 0.5) is 0 Å². The van der Waals surface area contributed by atoms with Crippen LogP contribution in [0.1, 0.15) is 350 Å². The molecule has 0 fully saturated rings. The molecule has 0 aliphatic carbocycles. The Bertz CT molecular complexity index is 1750. The highest BCUT2D eigenvalue weighted by molar-refractivity contribution is 7.47. The van der Waals surface area contributed by atoms with Crippen LogP contribution in [-0.2, 0) is 65.4 Å². The SMILES string of the molecule is CCCCCCCCCCCCCCC(=O)O[C@H](COC(=O)CCCCCCCCC(C)C)COP(=O)(O)OC[C@H](O)COP(=O)(O)OC[C@@H](COC(=O)CCCCCCCCCCCC(C)C)OC(=O)CCCCCCCCCCCCCCCC(C)C. The third-order valence-corrected chi connectivity index (χ3v) is 18.0. The van der Waals surface area contributed by atoms with E-state index in [2.05, 4.69) is 48.5 Å². The van der Waals surface area contributed by atoms with Crippen molar-refractivity contribution in [2.24, 2.45) is 17.8 Å². The zero-order valence-electron chi connectivity index (χ0n) is 57.9. The van der Waals surface area contributed by atoms with Gasteiger partial charge in [0.05, 0.1) is 26.4 Å². The van der Waals surface area contributed by atoms with Gasteiger partial charge in [-0.2, -0.15) is 0 Å². The van der Waals surface area contributed by atoms with Crippen LogP contribution in [0, 0.1) is 17.8 Å². The molecule has 0 aliphatic rings. The summed E-state index contributed by atoms with van der Waals surface area (Å²) in [4.78, 5) is 72.5. The maximum atomic E-state index is 13.0. The number of rotatable bonds is 68. The summed E-state index contributed by atoms with van der Waals surface area (Å²) < 4.78 is 68.3. The lowest BCUT2D eigenvalue weighted by Gasteiger charge is -2.21. The van der Waals surface area contributed by atoms with Gasteiger partial charge in [0.1, 0.15) is 19.3 Å². The Balaban J connectivity index is 5.24. The largest absolute Gasteiger partial charge is 0.472 e. The Morgan fingerprint density at radius 1 is 0.303 bits per heavy atom. The van der Waals surface area contributed by atoms with Gasteiger partial charge in [0, 0.05) is 25.7 Å². The molecule has 0 spiro atoms. The van der Waals surface area contributed by atoms with Gasteiger partial charge in [-0.05, 0) is 43.4 Å². The third kappa shape index (κ3) is 64.6. The van der Waals surface area contributed by atoms with Gasteiger partial charge >= 0.3 is 39.5 Å². The molecule has 0 aliphatic heterocycles. The second-order valence-electron chi connectivity index (χ2n) is 26.7. The molecular weight excluding hydrogens is 1170 g/mol. The smallest absolute Gasteiger partial charge is 0.462 e. The molecule has 0 aromatic heterocycles. The molecule has 0 saturated heterocycles. The third-order valence-electron chi connectivity index (χ3n) is 16.1. The van der Waals surface area contributed by atoms with E-state index in [9.17, 15) is 43.2 Å². The molecule has 89 heavy (non-hydrogen) atoms. The number of hydrogen-bond acceptors (Lipinski definition) is 15. The first-order chi connectivity index (χ1) is 42.7. The van der Waals surface area contributed by atoms with Gasteiger partial charge in [0.15, 0.2) is 12.2 Å². The molecule has 19 heteroatoms. The normalized spacial score (nSPS) is 14.2. The average Bonchev–Trinajstić information content (AvgIpc) is 3.70. The van der Waals surface area contributed by atoms with Gasteiger partial charge in [-0.1, -0.05) is 299 Å². The number of hydrogen-bond donors (Lipinski definition) is 3. The van der Waals surface area contributed by atoms with E-state index in [4.69, 9.17) is 37.0 Å². The minimum atomic E-state index is -4.95. The van der Waals surface area contributed by atoms with Crippen molar-refractivity contribution < 1.29 is 80.2 Å². The summed E-state index contributed by atoms with van der Waals surface area (Å²) in [6.07, 6.45) is 44.5. The highest BCUT2D eigenvalue weighted by atomic mass is 31.2. The molecule has 0 bridgehead atoms. The Labute approximate surface area is 543 Å². The van der Waals surface area contributed by atoms with Crippen LogP contribution in [0.25, 0.3) is 0 Å². The van der Waals surface area contributed by atoms with Gasteiger partial charge in [-0.3, -0.25) is 37.3 Å². The first-order valence-corrected chi connectivity index (χ1v) is 39.3. The van der Waals surface area contributed by atoms with Crippen molar-refractivity contribution >= 4 is 39.5 Å². The van der Waals surface area contributed by atoms with Crippen LogP contribution in [0.3, 0.4) is 0 Å². The molecular formula is C70H136O17P2. The number of ether oxygens (including phenoxy) is 4. The number of carbonyl (C=O) groups is 4. The Morgan fingerprint density at radius 3 is 0.764 bits per heavy atom. The lowest BCUT2D eigenvalue weighted by Crippen LogP contribution is -2.30. The average molecular weight is 1310 g/mol. The molecule has 0 aromatic carbocycles. The Kier molecular flexibility index (Phi) is 59.6. The second kappa shape index (κ2) is 61.0. The summed E-state index contributed by atoms with van der Waals surface area (Å²) >= 11 is 0. The standard InChI is InChI=1S/C70H136O17P2/c1-8-9-10-11-12-13-14-19-24-30-39-46-53-69(74)87-66(58-81-68(73)52-45-38-33-32-36-43-50-63(6)7)60-85-89(78,79)83-56-64(71)55-82-88(76,77)84-59-65(57-80-67(72)51-44-37-29-26-21-23-28-35-42-49-62(4)5)86-70(75)54-47-40-31-25-20-17-15-16-18-22-27-34-41-48-61(2)3/h61-66,71H,8-60H2,1-7H3,(H,76,77)(H,78,79)/t64-,65-,66-/m1/s1. The first-order valence-electron chi connectivity index (χ1n) is 36.3. The fraction of sp³-hybridized carbons (Fsp3) is 0.943. The molecule has 0 aromatic rings. The van der Waals surface area contributed by atoms with Crippen LogP contribution in [0.5, 0.6) is 0 Å². The first kappa shape index (κ1) is 87.1. The van der Waals surface area contributed by atoms with Gasteiger partial charge in [0.25, 0.3) is 0 Å². The number of esters is 4. The fourth-order valence-corrected chi connectivity index (χ4v) is 12.1. The summed E-state index contributed by atoms with van der Waals surface area (Å²) in [5.41, 5.74) is 0. The zero-order chi connectivity index (χ0) is 65.9. The molecule has 0 amide bonds. The topological polar surface area (TPSA) is 237 Å². The van der Waals surface area contributed by atoms with Crippen molar-refractivity contribution in [1.29, 1.82) is 0 Å². The van der Waals surface area contributed by atoms with Gasteiger partial charge < -0.3 is 33.8 Å². The van der Waals surface area contributed by atoms with Gasteiger partial charge in [0.2, 0.25) is 0 Å². The summed E-state index contributed by atoms with van der Waals surface area (Å²) in [6, 6.07) is 0. The minimum absolute atomic E-state index is 0.106. The molecule has 17 nitrogen and oxygen atoms in total. The number of carbonyl (C=O) groups excluding carboxylic acids is 4. The van der Waals surface area contributed by atoms with Crippen LogP contribution in [0.2, 0.25) is 0 Å². The van der Waals surface area contributed by atoms with E-state index < -0.39 is 97.5 Å². The maximum absolute atomic E-state index is 13.0. The number of phosphoric acid groups is 2. The lowest BCUT2D eigenvalue weighted by molar-refractivity contribution is -0.161. The number of aliphatic hydroxyl groups excluding tert-OH is 1. The van der Waals surface area contributed by atoms with Crippen LogP contribution >= 0.6 is 15.6 Å². The van der Waals surface area contributed by atoms with Crippen molar-refractivity contribution in [1.82, 2.24) is 0 Å². The zero-order valence-corrected chi connectivity index (χ0v) is 59.7.